The van der Waals surface area contributed by atoms with Crippen molar-refractivity contribution >= 4 is 11.8 Å². The second-order valence-electron chi connectivity index (χ2n) is 4.29. The maximum Gasteiger partial charge on any atom is 0.187 e. The van der Waals surface area contributed by atoms with E-state index in [2.05, 4.69) is 34.0 Å². The fourth-order valence-corrected chi connectivity index (χ4v) is 2.04. The van der Waals surface area contributed by atoms with Crippen molar-refractivity contribution in [3.8, 4) is 11.3 Å². The van der Waals surface area contributed by atoms with Gasteiger partial charge in [-0.15, -0.1) is 0 Å². The average Bonchev–Trinajstić information content (AvgIpc) is 2.76. The van der Waals surface area contributed by atoms with E-state index in [0.29, 0.717) is 5.92 Å². The minimum atomic E-state index is 0.594. The van der Waals surface area contributed by atoms with Gasteiger partial charge in [-0.05, 0) is 24.7 Å². The van der Waals surface area contributed by atoms with Crippen molar-refractivity contribution in [3.63, 3.8) is 0 Å². The molecule has 90 valence electrons. The highest BCUT2D eigenvalue weighted by atomic mass is 32.2. The number of hydrogen-bond donors (Lipinski definition) is 1. The van der Waals surface area contributed by atoms with Crippen molar-refractivity contribution in [1.29, 1.82) is 0 Å². The van der Waals surface area contributed by atoms with Gasteiger partial charge in [-0.1, -0.05) is 25.6 Å². The molecule has 5 heteroatoms. The van der Waals surface area contributed by atoms with Crippen LogP contribution >= 0.6 is 11.8 Å². The van der Waals surface area contributed by atoms with Crippen LogP contribution < -0.4 is 0 Å². The molecule has 2 heterocycles. The molecular weight excluding hydrogens is 232 g/mol. The van der Waals surface area contributed by atoms with E-state index in [1.165, 1.54) is 0 Å². The Morgan fingerprint density at radius 3 is 2.94 bits per heavy atom. The molecule has 2 aromatic heterocycles. The van der Waals surface area contributed by atoms with Gasteiger partial charge >= 0.3 is 0 Å². The summed E-state index contributed by atoms with van der Waals surface area (Å²) >= 11 is 1.55. The summed E-state index contributed by atoms with van der Waals surface area (Å²) in [6.07, 6.45) is 6.59. The highest BCUT2D eigenvalue weighted by molar-refractivity contribution is 7.98. The van der Waals surface area contributed by atoms with E-state index in [9.17, 15) is 0 Å². The molecule has 0 aliphatic rings. The first-order valence-electron chi connectivity index (χ1n) is 5.60. The molecule has 0 fully saturated rings. The summed E-state index contributed by atoms with van der Waals surface area (Å²) in [5.74, 6) is 0.594. The number of hydrogen-bond acceptors (Lipinski definition) is 4. The summed E-state index contributed by atoms with van der Waals surface area (Å²) in [5.41, 5.74) is 3.16. The Morgan fingerprint density at radius 2 is 2.24 bits per heavy atom. The molecule has 1 N–H and O–H groups in total. The molecule has 4 nitrogen and oxygen atoms in total. The first-order chi connectivity index (χ1) is 8.20. The van der Waals surface area contributed by atoms with Crippen molar-refractivity contribution in [3.05, 3.63) is 24.2 Å². The van der Waals surface area contributed by atoms with Gasteiger partial charge in [-0.2, -0.15) is 5.10 Å². The van der Waals surface area contributed by atoms with Gasteiger partial charge in [0.25, 0.3) is 0 Å². The van der Waals surface area contributed by atoms with Crippen LogP contribution in [0.4, 0.5) is 0 Å². The molecule has 0 atom stereocenters. The van der Waals surface area contributed by atoms with Gasteiger partial charge < -0.3 is 0 Å². The van der Waals surface area contributed by atoms with Gasteiger partial charge in [-0.3, -0.25) is 5.10 Å². The number of aromatic nitrogens is 4. The lowest BCUT2D eigenvalue weighted by Gasteiger charge is -2.05. The maximum atomic E-state index is 4.49. The monoisotopic (exact) mass is 248 g/mol. The zero-order valence-electron chi connectivity index (χ0n) is 10.3. The molecule has 0 amide bonds. The third kappa shape index (κ3) is 2.85. The van der Waals surface area contributed by atoms with E-state index in [1.54, 1.807) is 18.0 Å². The molecule has 0 spiro atoms. The summed E-state index contributed by atoms with van der Waals surface area (Å²) in [4.78, 5) is 8.67. The minimum absolute atomic E-state index is 0.594. The number of aromatic amines is 1. The fraction of sp³-hybridized carbons (Fsp3) is 0.417. The standard InChI is InChI=1S/C12H16N4S/c1-8(2)6-11-9(7-14-16-11)10-4-5-13-12(15-10)17-3/h4-5,7-8H,6H2,1-3H3,(H,14,16). The summed E-state index contributed by atoms with van der Waals surface area (Å²) in [6, 6.07) is 1.92. The summed E-state index contributed by atoms with van der Waals surface area (Å²) in [6.45, 7) is 4.38. The maximum absolute atomic E-state index is 4.49. The largest absolute Gasteiger partial charge is 0.282 e. The average molecular weight is 248 g/mol. The Bertz CT molecular complexity index is 493. The smallest absolute Gasteiger partial charge is 0.187 e. The summed E-state index contributed by atoms with van der Waals surface area (Å²) in [5, 5.41) is 7.96. The van der Waals surface area contributed by atoms with Crippen molar-refractivity contribution in [2.75, 3.05) is 6.26 Å². The Labute approximate surface area is 105 Å². The predicted molar refractivity (Wildman–Crippen MR) is 69.9 cm³/mol. The molecule has 0 saturated heterocycles. The van der Waals surface area contributed by atoms with E-state index in [4.69, 9.17) is 0 Å². The fourth-order valence-electron chi connectivity index (χ4n) is 1.69. The summed E-state index contributed by atoms with van der Waals surface area (Å²) < 4.78 is 0. The number of H-pyrrole nitrogens is 1. The SMILES string of the molecule is CSc1nccc(-c2cn[nH]c2CC(C)C)n1. The van der Waals surface area contributed by atoms with Crippen molar-refractivity contribution < 1.29 is 0 Å². The molecule has 0 saturated carbocycles. The molecule has 0 radical (unpaired) electrons. The molecule has 0 aromatic carbocycles. The van der Waals surface area contributed by atoms with Crippen LogP contribution in [0, 0.1) is 5.92 Å². The molecular formula is C12H16N4S. The van der Waals surface area contributed by atoms with Gasteiger partial charge in [0.2, 0.25) is 0 Å². The molecule has 17 heavy (non-hydrogen) atoms. The second kappa shape index (κ2) is 5.31. The van der Waals surface area contributed by atoms with Crippen LogP contribution in [0.25, 0.3) is 11.3 Å². The second-order valence-corrected chi connectivity index (χ2v) is 5.06. The van der Waals surface area contributed by atoms with Crippen LogP contribution in [0.15, 0.2) is 23.6 Å². The first kappa shape index (κ1) is 12.1. The predicted octanol–water partition coefficient (Wildman–Crippen LogP) is 2.79. The third-order valence-corrected chi connectivity index (χ3v) is 2.98. The first-order valence-corrected chi connectivity index (χ1v) is 6.83. The van der Waals surface area contributed by atoms with E-state index in [-0.39, 0.29) is 0 Å². The van der Waals surface area contributed by atoms with E-state index < -0.39 is 0 Å². The van der Waals surface area contributed by atoms with Crippen LogP contribution in [-0.4, -0.2) is 26.4 Å². The Hall–Kier alpha value is -1.36. The van der Waals surface area contributed by atoms with E-state index >= 15 is 0 Å². The van der Waals surface area contributed by atoms with Crippen LogP contribution in [0.2, 0.25) is 0 Å². The van der Waals surface area contributed by atoms with E-state index in [0.717, 1.165) is 28.5 Å². The van der Waals surface area contributed by atoms with Crippen LogP contribution in [-0.2, 0) is 6.42 Å². The number of nitrogens with one attached hydrogen (secondary N) is 1. The minimum Gasteiger partial charge on any atom is -0.282 e. The lowest BCUT2D eigenvalue weighted by molar-refractivity contribution is 0.634. The molecule has 0 bridgehead atoms. The van der Waals surface area contributed by atoms with Crippen molar-refractivity contribution in [2.45, 2.75) is 25.4 Å². The Balaban J connectivity index is 2.35. The zero-order chi connectivity index (χ0) is 12.3. The van der Waals surface area contributed by atoms with Gasteiger partial charge in [0.1, 0.15) is 0 Å². The normalized spacial score (nSPS) is 11.1. The molecule has 0 unspecified atom stereocenters. The topological polar surface area (TPSA) is 54.5 Å². The molecule has 2 aromatic rings. The van der Waals surface area contributed by atoms with Gasteiger partial charge in [0.05, 0.1) is 11.9 Å². The lowest BCUT2D eigenvalue weighted by atomic mass is 10.0. The van der Waals surface area contributed by atoms with Gasteiger partial charge in [-0.25, -0.2) is 9.97 Å². The number of thioether (sulfide) groups is 1. The molecule has 0 aliphatic heterocycles. The van der Waals surface area contributed by atoms with E-state index in [1.807, 2.05) is 18.5 Å². The van der Waals surface area contributed by atoms with Crippen LogP contribution in [0.1, 0.15) is 19.5 Å². The highest BCUT2D eigenvalue weighted by Crippen LogP contribution is 2.23. The van der Waals surface area contributed by atoms with Crippen LogP contribution in [0.5, 0.6) is 0 Å². The Kier molecular flexibility index (Phi) is 3.78. The van der Waals surface area contributed by atoms with Gasteiger partial charge in [0, 0.05) is 17.5 Å². The zero-order valence-corrected chi connectivity index (χ0v) is 11.1. The van der Waals surface area contributed by atoms with Gasteiger partial charge in [0.15, 0.2) is 5.16 Å². The summed E-state index contributed by atoms with van der Waals surface area (Å²) in [7, 11) is 0. The molecule has 0 aliphatic carbocycles. The quantitative estimate of drug-likeness (QED) is 0.667. The van der Waals surface area contributed by atoms with Crippen molar-refractivity contribution in [1.82, 2.24) is 20.2 Å². The van der Waals surface area contributed by atoms with Crippen molar-refractivity contribution in [2.24, 2.45) is 5.92 Å². The lowest BCUT2D eigenvalue weighted by Crippen LogP contribution is -1.97. The Morgan fingerprint density at radius 1 is 1.41 bits per heavy atom. The highest BCUT2D eigenvalue weighted by Gasteiger charge is 2.11. The molecule has 2 rings (SSSR count). The number of nitrogens with zero attached hydrogens (tertiary/aromatic N) is 3. The number of rotatable bonds is 4. The third-order valence-electron chi connectivity index (χ3n) is 2.42. The van der Waals surface area contributed by atoms with Crippen LogP contribution in [0.3, 0.4) is 0 Å².